The summed E-state index contributed by atoms with van der Waals surface area (Å²) in [5, 5.41) is 30.0. The van der Waals surface area contributed by atoms with Crippen molar-refractivity contribution in [3.05, 3.63) is 55.2 Å². The summed E-state index contributed by atoms with van der Waals surface area (Å²) in [5.41, 5.74) is 2.15. The molecule has 0 radical (unpaired) electrons. The number of aromatic nitrogens is 6. The maximum Gasteiger partial charge on any atom is 0.256 e. The van der Waals surface area contributed by atoms with Gasteiger partial charge in [-0.2, -0.15) is 9.19 Å². The van der Waals surface area contributed by atoms with Crippen LogP contribution in [0.25, 0.3) is 22.6 Å². The van der Waals surface area contributed by atoms with E-state index in [4.69, 9.17) is 9.84 Å². The normalized spacial score (nSPS) is 20.5. The van der Waals surface area contributed by atoms with E-state index >= 15 is 0 Å². The minimum atomic E-state index is -3.49. The first-order valence-electron chi connectivity index (χ1n) is 14.3. The Hall–Kier alpha value is -4.14. The Labute approximate surface area is 249 Å². The topological polar surface area (TPSA) is 177 Å². The molecule has 0 bridgehead atoms. The zero-order chi connectivity index (χ0) is 30.0. The third-order valence-electron chi connectivity index (χ3n) is 7.64. The Morgan fingerprint density at radius 1 is 1.05 bits per heavy atom. The Morgan fingerprint density at radius 3 is 2.58 bits per heavy atom. The van der Waals surface area contributed by atoms with Crippen LogP contribution in [0.3, 0.4) is 0 Å². The van der Waals surface area contributed by atoms with Crippen molar-refractivity contribution in [2.24, 2.45) is 0 Å². The number of nitrogens with one attached hydrogen (secondary N) is 2. The minimum absolute atomic E-state index is 0.0811. The quantitative estimate of drug-likeness (QED) is 0.196. The molecule has 226 valence electrons. The molecule has 13 nitrogen and oxygen atoms in total. The van der Waals surface area contributed by atoms with Gasteiger partial charge >= 0.3 is 0 Å². The van der Waals surface area contributed by atoms with Crippen LogP contribution in [-0.2, 0) is 10.0 Å². The van der Waals surface area contributed by atoms with Gasteiger partial charge in [0, 0.05) is 35.8 Å². The van der Waals surface area contributed by atoms with Gasteiger partial charge < -0.3 is 25.6 Å². The van der Waals surface area contributed by atoms with E-state index in [0.29, 0.717) is 60.2 Å². The molecule has 0 amide bonds. The largest absolute Gasteiger partial charge is 0.490 e. The second kappa shape index (κ2) is 11.9. The van der Waals surface area contributed by atoms with Crippen LogP contribution in [0.2, 0.25) is 0 Å². The van der Waals surface area contributed by atoms with Crippen LogP contribution in [-0.4, -0.2) is 77.9 Å². The maximum absolute atomic E-state index is 12.5. The van der Waals surface area contributed by atoms with Crippen molar-refractivity contribution in [3.8, 4) is 28.4 Å². The fourth-order valence-corrected chi connectivity index (χ4v) is 6.49. The van der Waals surface area contributed by atoms with Gasteiger partial charge in [0.05, 0.1) is 47.3 Å². The summed E-state index contributed by atoms with van der Waals surface area (Å²) in [6.07, 6.45) is 12.2. The van der Waals surface area contributed by atoms with E-state index < -0.39 is 15.6 Å². The monoisotopic (exact) mass is 606 g/mol. The molecule has 0 spiro atoms. The van der Waals surface area contributed by atoms with Gasteiger partial charge in [0.25, 0.3) is 10.0 Å². The Kier molecular flexibility index (Phi) is 7.99. The van der Waals surface area contributed by atoms with Crippen molar-refractivity contribution in [3.63, 3.8) is 0 Å². The van der Waals surface area contributed by atoms with E-state index in [2.05, 4.69) is 35.7 Å². The van der Waals surface area contributed by atoms with Gasteiger partial charge in [0.2, 0.25) is 0 Å². The predicted octanol–water partition coefficient (Wildman–Crippen LogP) is 3.36. The van der Waals surface area contributed by atoms with Crippen LogP contribution in [0.5, 0.6) is 5.75 Å². The zero-order valence-corrected chi connectivity index (χ0v) is 24.5. The molecule has 0 aliphatic heterocycles. The van der Waals surface area contributed by atoms with Gasteiger partial charge in [-0.15, -0.1) is 0 Å². The van der Waals surface area contributed by atoms with E-state index in [1.165, 1.54) is 12.4 Å². The maximum atomic E-state index is 12.5. The van der Waals surface area contributed by atoms with Crippen molar-refractivity contribution < 1.29 is 23.4 Å². The number of ether oxygens (including phenoxy) is 1. The summed E-state index contributed by atoms with van der Waals surface area (Å²) in [7, 11) is -3.49. The molecule has 2 aliphatic carbocycles. The summed E-state index contributed by atoms with van der Waals surface area (Å²) >= 11 is 0. The Bertz CT molecular complexity index is 1680. The number of anilines is 3. The molecular formula is C29H34N8O5S. The fraction of sp³-hybridized carbons (Fsp3) is 0.414. The van der Waals surface area contributed by atoms with Crippen LogP contribution in [0.15, 0.2) is 55.2 Å². The molecule has 0 unspecified atom stereocenters. The highest BCUT2D eigenvalue weighted by atomic mass is 32.2. The van der Waals surface area contributed by atoms with Gasteiger partial charge in [-0.1, -0.05) is 0 Å². The van der Waals surface area contributed by atoms with Crippen molar-refractivity contribution >= 4 is 27.3 Å². The molecule has 43 heavy (non-hydrogen) atoms. The number of hydrogen-bond acceptors (Lipinski definition) is 12. The standard InChI is InChI=1S/C29H34N8O5S/c1-29(39)9-6-20(7-10-29)34-25-14-27(32-17-23(25)24-5-2-21(16-31-24)42-13-12-38)35-26-8-11-30-28(36-26)19-15-33-37(18-19)43(40,41)22-3-4-22/h2,5,8,11,14-18,20,22,38-39H,3-4,6-7,9-10,12-13H2,1H3,(H2,30,32,34,35,36). The zero-order valence-electron chi connectivity index (χ0n) is 23.7. The molecule has 0 saturated heterocycles. The highest BCUT2D eigenvalue weighted by Gasteiger charge is 2.37. The first-order chi connectivity index (χ1) is 20.7. The lowest BCUT2D eigenvalue weighted by Gasteiger charge is -2.34. The second-order valence-electron chi connectivity index (χ2n) is 11.2. The van der Waals surface area contributed by atoms with Gasteiger partial charge in [-0.3, -0.25) is 4.98 Å². The van der Waals surface area contributed by atoms with E-state index in [9.17, 15) is 13.5 Å². The Morgan fingerprint density at radius 2 is 1.86 bits per heavy atom. The smallest absolute Gasteiger partial charge is 0.256 e. The number of rotatable bonds is 11. The van der Waals surface area contributed by atoms with E-state index in [1.807, 2.05) is 19.1 Å². The van der Waals surface area contributed by atoms with E-state index in [1.54, 1.807) is 30.7 Å². The molecule has 2 saturated carbocycles. The predicted molar refractivity (Wildman–Crippen MR) is 160 cm³/mol. The lowest BCUT2D eigenvalue weighted by molar-refractivity contribution is 0.0196. The fourth-order valence-electron chi connectivity index (χ4n) is 5.02. The van der Waals surface area contributed by atoms with Crippen molar-refractivity contribution in [2.75, 3.05) is 23.8 Å². The summed E-state index contributed by atoms with van der Waals surface area (Å²) in [5.74, 6) is 1.90. The van der Waals surface area contributed by atoms with Crippen LogP contribution < -0.4 is 15.4 Å². The molecule has 4 heterocycles. The minimum Gasteiger partial charge on any atom is -0.490 e. The highest BCUT2D eigenvalue weighted by Crippen LogP contribution is 2.35. The average Bonchev–Trinajstić information content (AvgIpc) is 3.75. The molecule has 4 N–H and O–H groups in total. The molecule has 0 aromatic carbocycles. The van der Waals surface area contributed by atoms with Gasteiger partial charge in [-0.25, -0.2) is 23.4 Å². The molecule has 2 fully saturated rings. The van der Waals surface area contributed by atoms with Crippen LogP contribution in [0, 0.1) is 0 Å². The van der Waals surface area contributed by atoms with E-state index in [0.717, 1.165) is 28.2 Å². The second-order valence-corrected chi connectivity index (χ2v) is 13.3. The molecule has 6 rings (SSSR count). The third kappa shape index (κ3) is 6.76. The van der Waals surface area contributed by atoms with Crippen LogP contribution >= 0.6 is 0 Å². The summed E-state index contributed by atoms with van der Waals surface area (Å²) in [6.45, 7) is 1.98. The van der Waals surface area contributed by atoms with Crippen molar-refractivity contribution in [1.29, 1.82) is 0 Å². The van der Waals surface area contributed by atoms with E-state index in [-0.39, 0.29) is 24.5 Å². The van der Waals surface area contributed by atoms with Gasteiger partial charge in [0.1, 0.15) is 24.0 Å². The third-order valence-corrected chi connectivity index (χ3v) is 9.67. The van der Waals surface area contributed by atoms with Crippen molar-refractivity contribution in [1.82, 2.24) is 29.1 Å². The summed E-state index contributed by atoms with van der Waals surface area (Å²) in [4.78, 5) is 18.0. The van der Waals surface area contributed by atoms with Crippen LogP contribution in [0.4, 0.5) is 17.3 Å². The number of nitrogens with zero attached hydrogens (tertiary/aromatic N) is 6. The van der Waals surface area contributed by atoms with Gasteiger partial charge in [-0.05, 0) is 63.6 Å². The number of aliphatic hydroxyl groups excluding tert-OH is 1. The molecular weight excluding hydrogens is 572 g/mol. The molecule has 4 aromatic rings. The molecule has 14 heteroatoms. The first kappa shape index (κ1) is 29.0. The molecule has 4 aromatic heterocycles. The molecule has 0 atom stereocenters. The lowest BCUT2D eigenvalue weighted by atomic mass is 9.83. The Balaban J connectivity index is 1.25. The van der Waals surface area contributed by atoms with Gasteiger partial charge in [0.15, 0.2) is 5.82 Å². The number of hydrogen-bond donors (Lipinski definition) is 4. The van der Waals surface area contributed by atoms with Crippen LogP contribution in [0.1, 0.15) is 45.4 Å². The number of pyridine rings is 2. The number of aliphatic hydroxyl groups is 2. The van der Waals surface area contributed by atoms with Crippen molar-refractivity contribution in [2.45, 2.75) is 62.3 Å². The lowest BCUT2D eigenvalue weighted by Crippen LogP contribution is -2.35. The summed E-state index contributed by atoms with van der Waals surface area (Å²) < 4.78 is 31.5. The average molecular weight is 607 g/mol. The first-order valence-corrected chi connectivity index (χ1v) is 15.8. The highest BCUT2D eigenvalue weighted by molar-refractivity contribution is 7.90. The molecule has 2 aliphatic rings. The summed E-state index contributed by atoms with van der Waals surface area (Å²) in [6, 6.07) is 7.39. The SMILES string of the molecule is CC1(O)CCC(Nc2cc(Nc3ccnc(-c4cnn(S(=O)(=O)C5CC5)c4)n3)ncc2-c2ccc(OCCO)cn2)CC1.